The Hall–Kier alpha value is 1.21. The Morgan fingerprint density at radius 3 is 1.10 bits per heavy atom. The molecule has 7 heteroatoms. The quantitative estimate of drug-likeness (QED) is 0.169. The number of carboxylic acid groups (broad SMARTS) is 2. The molecule has 0 rings (SSSR count). The number of thiol groups is 2. The standard InChI is InChI=1S/2C11H22O2S.Ba/c2*1-9(2)6-4-3-5-7-10(8-14)11(12)13;/h2*9-10,14H,3-8H2,1-2H3,(H,12,13);/q;;+2/p-2. The Morgan fingerprint density at radius 2 is 0.897 bits per heavy atom. The van der Waals surface area contributed by atoms with Crippen LogP contribution < -0.4 is 10.2 Å². The maximum Gasteiger partial charge on any atom is 2.00 e. The predicted molar refractivity (Wildman–Crippen MR) is 126 cm³/mol. The van der Waals surface area contributed by atoms with Crippen LogP contribution in [0.1, 0.15) is 91.9 Å². The molecule has 2 unspecified atom stereocenters. The number of hydrogen-bond donors (Lipinski definition) is 2. The van der Waals surface area contributed by atoms with Crippen molar-refractivity contribution in [1.82, 2.24) is 0 Å². The first-order chi connectivity index (χ1) is 13.1. The molecule has 0 aliphatic heterocycles. The zero-order valence-electron chi connectivity index (χ0n) is 19.0. The van der Waals surface area contributed by atoms with Crippen molar-refractivity contribution in [2.24, 2.45) is 23.7 Å². The van der Waals surface area contributed by atoms with Crippen molar-refractivity contribution in [2.75, 3.05) is 11.5 Å². The number of unbranched alkanes of at least 4 members (excludes halogenated alkanes) is 4. The van der Waals surface area contributed by atoms with Gasteiger partial charge in [-0.1, -0.05) is 79.1 Å². The Balaban J connectivity index is -0.000000451. The molecule has 0 saturated heterocycles. The molecule has 0 saturated carbocycles. The molecule has 4 nitrogen and oxygen atoms in total. The fourth-order valence-corrected chi connectivity index (χ4v) is 3.47. The third-order valence-corrected chi connectivity index (χ3v) is 5.66. The molecule has 2 atom stereocenters. The summed E-state index contributed by atoms with van der Waals surface area (Å²) in [6, 6.07) is 0. The average Bonchev–Trinajstić information content (AvgIpc) is 2.60. The van der Waals surface area contributed by atoms with Crippen LogP contribution in [0.2, 0.25) is 0 Å². The van der Waals surface area contributed by atoms with Crippen LogP contribution in [-0.2, 0) is 9.59 Å². The van der Waals surface area contributed by atoms with E-state index in [9.17, 15) is 19.8 Å². The van der Waals surface area contributed by atoms with Crippen LogP contribution in [0, 0.1) is 23.7 Å². The van der Waals surface area contributed by atoms with Crippen molar-refractivity contribution >= 4 is 86.1 Å². The van der Waals surface area contributed by atoms with Crippen molar-refractivity contribution in [3.05, 3.63) is 0 Å². The van der Waals surface area contributed by atoms with Crippen LogP contribution in [-0.4, -0.2) is 72.3 Å². The van der Waals surface area contributed by atoms with E-state index in [0.717, 1.165) is 37.5 Å². The fraction of sp³-hybridized carbons (Fsp3) is 0.909. The number of rotatable bonds is 16. The second-order valence-electron chi connectivity index (χ2n) is 8.46. The number of carbonyl (C=O) groups excluding carboxylic acids is 2. The van der Waals surface area contributed by atoms with E-state index in [0.29, 0.717) is 24.3 Å². The Bertz CT molecular complexity index is 357. The summed E-state index contributed by atoms with van der Waals surface area (Å²) >= 11 is 7.98. The van der Waals surface area contributed by atoms with E-state index in [-0.39, 0.29) is 60.7 Å². The SMILES string of the molecule is CC(C)CCCCCC(CS)C(=O)[O-].CC(C)CCCCCC(CS)C(=O)[O-].[Ba+2]. The summed E-state index contributed by atoms with van der Waals surface area (Å²) in [7, 11) is 0. The van der Waals surface area contributed by atoms with Crippen molar-refractivity contribution in [2.45, 2.75) is 91.9 Å². The minimum Gasteiger partial charge on any atom is -0.550 e. The van der Waals surface area contributed by atoms with Crippen molar-refractivity contribution in [3.8, 4) is 0 Å². The number of carbonyl (C=O) groups is 2. The molecule has 0 fully saturated rings. The van der Waals surface area contributed by atoms with E-state index in [1.54, 1.807) is 0 Å². The van der Waals surface area contributed by atoms with Gasteiger partial charge in [0.2, 0.25) is 0 Å². The summed E-state index contributed by atoms with van der Waals surface area (Å²) in [4.78, 5) is 21.1. The zero-order chi connectivity index (χ0) is 21.9. The largest absolute Gasteiger partial charge is 2.00 e. The van der Waals surface area contributed by atoms with Crippen LogP contribution in [0.5, 0.6) is 0 Å². The Kier molecular flexibility index (Phi) is 28.7. The minimum atomic E-state index is -0.955. The van der Waals surface area contributed by atoms with Gasteiger partial charge in [-0.3, -0.25) is 0 Å². The molecule has 0 amide bonds. The van der Waals surface area contributed by atoms with E-state index >= 15 is 0 Å². The van der Waals surface area contributed by atoms with Gasteiger partial charge in [0.25, 0.3) is 0 Å². The third kappa shape index (κ3) is 25.3. The molecule has 168 valence electrons. The molecule has 0 spiro atoms. The normalized spacial score (nSPS) is 12.7. The predicted octanol–water partition coefficient (Wildman–Crippen LogP) is 3.40. The number of aliphatic carboxylic acids is 2. The van der Waals surface area contributed by atoms with E-state index in [2.05, 4.69) is 53.0 Å². The van der Waals surface area contributed by atoms with Crippen molar-refractivity contribution in [3.63, 3.8) is 0 Å². The van der Waals surface area contributed by atoms with Crippen LogP contribution in [0.3, 0.4) is 0 Å². The summed E-state index contributed by atoms with van der Waals surface area (Å²) in [6.45, 7) is 8.82. The second-order valence-corrected chi connectivity index (χ2v) is 9.19. The molecular weight excluding hydrogens is 530 g/mol. The molecular formula is C22H42BaO4S2. The third-order valence-electron chi connectivity index (χ3n) is 4.78. The van der Waals surface area contributed by atoms with Crippen LogP contribution in [0.15, 0.2) is 0 Å². The Morgan fingerprint density at radius 1 is 0.621 bits per heavy atom. The van der Waals surface area contributed by atoms with Crippen molar-refractivity contribution in [1.29, 1.82) is 0 Å². The summed E-state index contributed by atoms with van der Waals surface area (Å²) in [5, 5.41) is 21.1. The summed E-state index contributed by atoms with van der Waals surface area (Å²) < 4.78 is 0. The first kappa shape index (κ1) is 34.8. The number of hydrogen-bond acceptors (Lipinski definition) is 6. The molecule has 0 aromatic rings. The van der Waals surface area contributed by atoms with E-state index in [1.807, 2.05) is 0 Å². The second kappa shape index (κ2) is 23.9. The summed E-state index contributed by atoms with van der Waals surface area (Å²) in [5.41, 5.74) is 0. The van der Waals surface area contributed by atoms with Crippen LogP contribution >= 0.6 is 25.3 Å². The van der Waals surface area contributed by atoms with Crippen LogP contribution in [0.25, 0.3) is 0 Å². The Labute approximate surface area is 230 Å². The van der Waals surface area contributed by atoms with Gasteiger partial charge >= 0.3 is 48.9 Å². The van der Waals surface area contributed by atoms with E-state index < -0.39 is 11.9 Å². The molecule has 0 aliphatic rings. The smallest absolute Gasteiger partial charge is 0.550 e. The van der Waals surface area contributed by atoms with Gasteiger partial charge in [0, 0.05) is 23.8 Å². The van der Waals surface area contributed by atoms with E-state index in [1.165, 1.54) is 25.7 Å². The first-order valence-corrected chi connectivity index (χ1v) is 12.1. The van der Waals surface area contributed by atoms with Gasteiger partial charge in [0.15, 0.2) is 0 Å². The number of carboxylic acids is 2. The molecule has 0 N–H and O–H groups in total. The topological polar surface area (TPSA) is 80.3 Å². The van der Waals surface area contributed by atoms with Gasteiger partial charge in [-0.25, -0.2) is 0 Å². The maximum atomic E-state index is 10.5. The fourth-order valence-electron chi connectivity index (χ4n) is 2.81. The van der Waals surface area contributed by atoms with E-state index in [4.69, 9.17) is 0 Å². The van der Waals surface area contributed by atoms with Crippen molar-refractivity contribution < 1.29 is 19.8 Å². The molecule has 0 aromatic carbocycles. The van der Waals surface area contributed by atoms with Gasteiger partial charge in [-0.05, 0) is 36.2 Å². The molecule has 0 heterocycles. The molecule has 0 radical (unpaired) electrons. The van der Waals surface area contributed by atoms with Gasteiger partial charge in [0.1, 0.15) is 0 Å². The van der Waals surface area contributed by atoms with Gasteiger partial charge in [0.05, 0.1) is 0 Å². The summed E-state index contributed by atoms with van der Waals surface area (Å²) in [6.07, 6.45) is 10.5. The average molecular weight is 572 g/mol. The molecule has 0 bridgehead atoms. The van der Waals surface area contributed by atoms with Gasteiger partial charge in [-0.2, -0.15) is 25.3 Å². The maximum absolute atomic E-state index is 10.5. The zero-order valence-corrected chi connectivity index (χ0v) is 25.3. The van der Waals surface area contributed by atoms with Gasteiger partial charge in [-0.15, -0.1) is 0 Å². The van der Waals surface area contributed by atoms with Crippen LogP contribution in [0.4, 0.5) is 0 Å². The minimum absolute atomic E-state index is 0. The van der Waals surface area contributed by atoms with Gasteiger partial charge < -0.3 is 19.8 Å². The molecule has 0 aromatic heterocycles. The molecule has 29 heavy (non-hydrogen) atoms. The monoisotopic (exact) mass is 572 g/mol. The summed E-state index contributed by atoms with van der Waals surface area (Å²) in [5.74, 6) is -0.352. The first-order valence-electron chi connectivity index (χ1n) is 10.8. The molecule has 0 aliphatic carbocycles.